The van der Waals surface area contributed by atoms with Gasteiger partial charge in [-0.3, -0.25) is 28.8 Å². The molecule has 250 valence electrons. The summed E-state index contributed by atoms with van der Waals surface area (Å²) in [5, 5.41) is 0. The summed E-state index contributed by atoms with van der Waals surface area (Å²) in [5.41, 5.74) is -2.76. The molecule has 1 saturated heterocycles. The van der Waals surface area contributed by atoms with Crippen LogP contribution >= 0.6 is 0 Å². The Morgan fingerprint density at radius 2 is 1.27 bits per heavy atom. The Hall–Kier alpha value is -3.48. The van der Waals surface area contributed by atoms with Crippen LogP contribution in [0.5, 0.6) is 0 Å². The quantitative estimate of drug-likeness (QED) is 0.237. The molecule has 1 aliphatic heterocycles. The van der Waals surface area contributed by atoms with Crippen molar-refractivity contribution in [3.63, 3.8) is 0 Å². The molecule has 0 aromatic rings. The van der Waals surface area contributed by atoms with Crippen molar-refractivity contribution in [3.8, 4) is 0 Å². The molecule has 2 saturated carbocycles. The van der Waals surface area contributed by atoms with Crippen LogP contribution in [0.2, 0.25) is 0 Å². The van der Waals surface area contributed by atoms with Crippen LogP contribution in [0.4, 0.5) is 0 Å². The monoisotopic (exact) mass is 636 g/mol. The summed E-state index contributed by atoms with van der Waals surface area (Å²) in [6, 6.07) is 0. The third kappa shape index (κ3) is 5.83. The number of esters is 6. The SMILES string of the molecule is CC(=O)O[C@H]1[C@@H]2[C@]3(OC(C)=O)CO[C@@H]3C[C@H](OC(C)=O)[C@@]2(C)[C@H](OC(C)=O)[C@H](OC(C)=O)C2=C(C)[C@@H](OC(C)=O)C[C@@H]1C2(C)C. The van der Waals surface area contributed by atoms with E-state index in [-0.39, 0.29) is 19.4 Å². The van der Waals surface area contributed by atoms with Gasteiger partial charge < -0.3 is 33.2 Å². The van der Waals surface area contributed by atoms with E-state index >= 15 is 0 Å². The first-order chi connectivity index (χ1) is 20.8. The second kappa shape index (κ2) is 12.0. The van der Waals surface area contributed by atoms with E-state index < -0.39 is 101 Å². The molecule has 0 radical (unpaired) electrons. The van der Waals surface area contributed by atoms with Crippen LogP contribution in [0.15, 0.2) is 11.1 Å². The van der Waals surface area contributed by atoms with E-state index in [0.717, 1.165) is 0 Å². The highest BCUT2D eigenvalue weighted by Gasteiger charge is 2.77. The van der Waals surface area contributed by atoms with Gasteiger partial charge in [0.15, 0.2) is 17.8 Å². The number of rotatable bonds is 6. The van der Waals surface area contributed by atoms with Gasteiger partial charge in [0.25, 0.3) is 0 Å². The Bertz CT molecular complexity index is 1320. The fourth-order valence-corrected chi connectivity index (χ4v) is 8.67. The van der Waals surface area contributed by atoms with Crippen molar-refractivity contribution in [2.75, 3.05) is 6.61 Å². The second-order valence-electron chi connectivity index (χ2n) is 13.4. The van der Waals surface area contributed by atoms with Crippen molar-refractivity contribution in [1.29, 1.82) is 0 Å². The average Bonchev–Trinajstić information content (AvgIpc) is 2.86. The molecule has 3 fully saturated rings. The molecule has 4 rings (SSSR count). The molecule has 0 aromatic heterocycles. The first-order valence-corrected chi connectivity index (χ1v) is 15.2. The summed E-state index contributed by atoms with van der Waals surface area (Å²) in [6.07, 6.45) is -6.11. The van der Waals surface area contributed by atoms with Crippen LogP contribution in [-0.4, -0.2) is 84.6 Å². The fourth-order valence-electron chi connectivity index (χ4n) is 8.67. The summed E-state index contributed by atoms with van der Waals surface area (Å²) >= 11 is 0. The van der Waals surface area contributed by atoms with Crippen LogP contribution in [0.3, 0.4) is 0 Å². The molecule has 0 aromatic carbocycles. The summed E-state index contributed by atoms with van der Waals surface area (Å²) in [4.78, 5) is 76.4. The van der Waals surface area contributed by atoms with Gasteiger partial charge in [-0.1, -0.05) is 20.8 Å². The van der Waals surface area contributed by atoms with Crippen molar-refractivity contribution in [3.05, 3.63) is 11.1 Å². The lowest BCUT2D eigenvalue weighted by Crippen LogP contribution is -2.80. The number of hydrogen-bond donors (Lipinski definition) is 0. The lowest BCUT2D eigenvalue weighted by molar-refractivity contribution is -0.356. The highest BCUT2D eigenvalue weighted by Crippen LogP contribution is 2.65. The first kappa shape index (κ1) is 34.4. The van der Waals surface area contributed by atoms with E-state index in [1.54, 1.807) is 13.8 Å². The van der Waals surface area contributed by atoms with E-state index in [1.807, 2.05) is 13.8 Å². The Morgan fingerprint density at radius 3 is 1.73 bits per heavy atom. The zero-order valence-electron chi connectivity index (χ0n) is 27.5. The van der Waals surface area contributed by atoms with Crippen LogP contribution in [-0.2, 0) is 61.9 Å². The maximum atomic E-state index is 12.9. The molecule has 2 bridgehead atoms. The molecule has 13 heteroatoms. The lowest BCUT2D eigenvalue weighted by Gasteiger charge is -2.68. The molecular weight excluding hydrogens is 592 g/mol. The standard InChI is InChI=1S/C32H44O13/c1-14-22(40-15(2)33)11-21-26(42-17(4)35)28-31(10,23(41-16(3)34)12-24-32(28,13-39-24)45-20(7)38)29(44-19(6)37)27(43-18(5)36)25(14)30(21,8)9/h21-24,26-29H,11-13H2,1-10H3/t21-,22-,23-,24+,26+,27+,28-,29+,31+,32-/m0/s1. The smallest absolute Gasteiger partial charge is 0.303 e. The third-order valence-corrected chi connectivity index (χ3v) is 10.1. The maximum Gasteiger partial charge on any atom is 0.303 e. The molecule has 0 unspecified atom stereocenters. The van der Waals surface area contributed by atoms with Gasteiger partial charge in [0.05, 0.1) is 17.9 Å². The highest BCUT2D eigenvalue weighted by atomic mass is 16.6. The number of ether oxygens (including phenoxy) is 7. The fraction of sp³-hybridized carbons (Fsp3) is 0.750. The average molecular weight is 637 g/mol. The molecule has 0 spiro atoms. The highest BCUT2D eigenvalue weighted by molar-refractivity contribution is 5.70. The summed E-state index contributed by atoms with van der Waals surface area (Å²) in [6.45, 7) is 14.6. The minimum Gasteiger partial charge on any atom is -0.462 e. The van der Waals surface area contributed by atoms with Crippen LogP contribution in [0, 0.1) is 22.7 Å². The summed E-state index contributed by atoms with van der Waals surface area (Å²) in [5.74, 6) is -5.53. The second-order valence-corrected chi connectivity index (χ2v) is 13.4. The predicted molar refractivity (Wildman–Crippen MR) is 153 cm³/mol. The molecule has 45 heavy (non-hydrogen) atoms. The predicted octanol–water partition coefficient (Wildman–Crippen LogP) is 2.75. The minimum absolute atomic E-state index is 0.0410. The summed E-state index contributed by atoms with van der Waals surface area (Å²) < 4.78 is 42.2. The van der Waals surface area contributed by atoms with Gasteiger partial charge in [0.1, 0.15) is 24.4 Å². The lowest BCUT2D eigenvalue weighted by atomic mass is 9.45. The van der Waals surface area contributed by atoms with E-state index in [9.17, 15) is 28.8 Å². The Balaban J connectivity index is 2.18. The van der Waals surface area contributed by atoms with E-state index in [4.69, 9.17) is 33.2 Å². The van der Waals surface area contributed by atoms with E-state index in [2.05, 4.69) is 0 Å². The van der Waals surface area contributed by atoms with Gasteiger partial charge in [-0.05, 0) is 29.9 Å². The van der Waals surface area contributed by atoms with Crippen molar-refractivity contribution < 1.29 is 61.9 Å². The molecule has 13 nitrogen and oxygen atoms in total. The zero-order chi connectivity index (χ0) is 33.8. The van der Waals surface area contributed by atoms with Gasteiger partial charge in [-0.15, -0.1) is 0 Å². The number of carbonyl (C=O) groups is 6. The largest absolute Gasteiger partial charge is 0.462 e. The number of carbonyl (C=O) groups excluding carboxylic acids is 6. The van der Waals surface area contributed by atoms with E-state index in [1.165, 1.54) is 41.5 Å². The van der Waals surface area contributed by atoms with E-state index in [0.29, 0.717) is 11.1 Å². The Labute approximate surface area is 262 Å². The van der Waals surface area contributed by atoms with Crippen molar-refractivity contribution in [2.24, 2.45) is 22.7 Å². The van der Waals surface area contributed by atoms with Crippen LogP contribution in [0.25, 0.3) is 0 Å². The minimum atomic E-state index is -1.50. The maximum absolute atomic E-state index is 12.9. The van der Waals surface area contributed by atoms with Crippen LogP contribution < -0.4 is 0 Å². The Kier molecular flexibility index (Phi) is 9.20. The number of hydrogen-bond acceptors (Lipinski definition) is 13. The van der Waals surface area contributed by atoms with Crippen molar-refractivity contribution >= 4 is 35.8 Å². The molecule has 3 aliphatic carbocycles. The molecule has 4 aliphatic rings. The van der Waals surface area contributed by atoms with Gasteiger partial charge in [0, 0.05) is 53.9 Å². The van der Waals surface area contributed by atoms with Gasteiger partial charge >= 0.3 is 35.8 Å². The third-order valence-electron chi connectivity index (χ3n) is 10.1. The van der Waals surface area contributed by atoms with Gasteiger partial charge in [-0.2, -0.15) is 0 Å². The zero-order valence-corrected chi connectivity index (χ0v) is 27.5. The molecule has 10 atom stereocenters. The van der Waals surface area contributed by atoms with Gasteiger partial charge in [-0.25, -0.2) is 0 Å². The molecular formula is C32H44O13. The Morgan fingerprint density at radius 1 is 0.711 bits per heavy atom. The number of fused-ring (bicyclic) bond motifs is 5. The van der Waals surface area contributed by atoms with Crippen molar-refractivity contribution in [1.82, 2.24) is 0 Å². The molecule has 0 N–H and O–H groups in total. The first-order valence-electron chi connectivity index (χ1n) is 15.2. The topological polar surface area (TPSA) is 167 Å². The molecule has 0 amide bonds. The van der Waals surface area contributed by atoms with Gasteiger partial charge in [0.2, 0.25) is 0 Å². The normalized spacial score (nSPS) is 38.0. The van der Waals surface area contributed by atoms with Crippen LogP contribution in [0.1, 0.15) is 82.1 Å². The summed E-state index contributed by atoms with van der Waals surface area (Å²) in [7, 11) is 0. The van der Waals surface area contributed by atoms with Crippen molar-refractivity contribution in [2.45, 2.75) is 124 Å². The molecule has 1 heterocycles.